The van der Waals surface area contributed by atoms with E-state index in [4.69, 9.17) is 4.98 Å². The first-order valence-corrected chi connectivity index (χ1v) is 8.55. The van der Waals surface area contributed by atoms with Gasteiger partial charge in [0.05, 0.1) is 0 Å². The second-order valence-electron chi connectivity index (χ2n) is 6.17. The fourth-order valence-corrected chi connectivity index (χ4v) is 2.55. The second-order valence-corrected chi connectivity index (χ2v) is 6.17. The van der Waals surface area contributed by atoms with Crippen molar-refractivity contribution < 1.29 is 0 Å². The van der Waals surface area contributed by atoms with Crippen molar-refractivity contribution in [3.8, 4) is 0 Å². The fourth-order valence-electron chi connectivity index (χ4n) is 2.55. The van der Waals surface area contributed by atoms with Gasteiger partial charge in [-0.25, -0.2) is 9.97 Å². The first-order chi connectivity index (χ1) is 10.2. The summed E-state index contributed by atoms with van der Waals surface area (Å²) in [6.45, 7) is 9.61. The molecule has 1 aromatic heterocycles. The molecule has 1 aliphatic carbocycles. The molecule has 0 bridgehead atoms. The monoisotopic (exact) mass is 290 g/mol. The Labute approximate surface area is 129 Å². The third-order valence-corrected chi connectivity index (χ3v) is 4.20. The zero-order valence-corrected chi connectivity index (χ0v) is 14.0. The summed E-state index contributed by atoms with van der Waals surface area (Å²) in [5.74, 6) is 3.87. The van der Waals surface area contributed by atoms with Gasteiger partial charge < -0.3 is 10.6 Å². The van der Waals surface area contributed by atoms with Crippen LogP contribution in [0.25, 0.3) is 0 Å². The van der Waals surface area contributed by atoms with Gasteiger partial charge in [-0.15, -0.1) is 0 Å². The van der Waals surface area contributed by atoms with Crippen LogP contribution in [-0.2, 0) is 6.42 Å². The van der Waals surface area contributed by atoms with Gasteiger partial charge in [0, 0.05) is 24.6 Å². The van der Waals surface area contributed by atoms with Crippen LogP contribution in [0.1, 0.15) is 64.3 Å². The molecular weight excluding hydrogens is 260 g/mol. The molecule has 4 nitrogen and oxygen atoms in total. The molecule has 0 saturated heterocycles. The summed E-state index contributed by atoms with van der Waals surface area (Å²) in [5.41, 5.74) is 1.15. The van der Waals surface area contributed by atoms with E-state index >= 15 is 0 Å². The Morgan fingerprint density at radius 3 is 2.43 bits per heavy atom. The normalized spacial score (nSPS) is 15.8. The molecule has 0 aromatic carbocycles. The van der Waals surface area contributed by atoms with E-state index in [1.54, 1.807) is 0 Å². The maximum absolute atomic E-state index is 4.71. The SMILES string of the molecule is CCCNc1nc(CC)nc(NC(CC)CC2CC2)c1C. The van der Waals surface area contributed by atoms with Crippen LogP contribution in [0.15, 0.2) is 0 Å². The van der Waals surface area contributed by atoms with Crippen molar-refractivity contribution in [1.29, 1.82) is 0 Å². The highest BCUT2D eigenvalue weighted by Gasteiger charge is 2.25. The van der Waals surface area contributed by atoms with Crippen molar-refractivity contribution in [2.75, 3.05) is 17.2 Å². The molecule has 2 rings (SSSR count). The molecule has 1 aromatic rings. The highest BCUT2D eigenvalue weighted by molar-refractivity contribution is 5.57. The Morgan fingerprint density at radius 2 is 1.86 bits per heavy atom. The smallest absolute Gasteiger partial charge is 0.134 e. The lowest BCUT2D eigenvalue weighted by Crippen LogP contribution is -2.22. The van der Waals surface area contributed by atoms with Gasteiger partial charge in [-0.1, -0.05) is 33.6 Å². The van der Waals surface area contributed by atoms with Crippen LogP contribution in [0.3, 0.4) is 0 Å². The van der Waals surface area contributed by atoms with Crippen LogP contribution < -0.4 is 10.6 Å². The maximum Gasteiger partial charge on any atom is 0.134 e. The van der Waals surface area contributed by atoms with E-state index in [0.29, 0.717) is 6.04 Å². The van der Waals surface area contributed by atoms with Crippen LogP contribution in [0.5, 0.6) is 0 Å². The fraction of sp³-hybridized carbons (Fsp3) is 0.765. The Hall–Kier alpha value is -1.32. The standard InChI is InChI=1S/C17H30N4/c1-5-10-18-16-12(4)17(21-15(7-3)20-16)19-14(6-2)11-13-8-9-13/h13-14H,5-11H2,1-4H3,(H2,18,19,20,21). The van der Waals surface area contributed by atoms with Crippen molar-refractivity contribution in [3.05, 3.63) is 11.4 Å². The first kappa shape index (κ1) is 16.1. The van der Waals surface area contributed by atoms with Gasteiger partial charge in [0.25, 0.3) is 0 Å². The number of hydrogen-bond acceptors (Lipinski definition) is 4. The predicted molar refractivity (Wildman–Crippen MR) is 90.0 cm³/mol. The Kier molecular flexibility index (Phi) is 5.83. The van der Waals surface area contributed by atoms with Crippen molar-refractivity contribution in [3.63, 3.8) is 0 Å². The minimum absolute atomic E-state index is 0.537. The number of nitrogens with zero attached hydrogens (tertiary/aromatic N) is 2. The van der Waals surface area contributed by atoms with Crippen molar-refractivity contribution in [1.82, 2.24) is 9.97 Å². The lowest BCUT2D eigenvalue weighted by Gasteiger charge is -2.20. The van der Waals surface area contributed by atoms with Gasteiger partial charge in [0.1, 0.15) is 17.5 Å². The van der Waals surface area contributed by atoms with Crippen molar-refractivity contribution >= 4 is 11.6 Å². The first-order valence-electron chi connectivity index (χ1n) is 8.55. The topological polar surface area (TPSA) is 49.8 Å². The van der Waals surface area contributed by atoms with Crippen molar-refractivity contribution in [2.24, 2.45) is 5.92 Å². The number of nitrogens with one attached hydrogen (secondary N) is 2. The third kappa shape index (κ3) is 4.58. The summed E-state index contributed by atoms with van der Waals surface area (Å²) in [6.07, 6.45) is 7.22. The zero-order chi connectivity index (χ0) is 15.2. The average molecular weight is 290 g/mol. The van der Waals surface area contributed by atoms with Gasteiger partial charge in [0.2, 0.25) is 0 Å². The summed E-state index contributed by atoms with van der Waals surface area (Å²) in [7, 11) is 0. The lowest BCUT2D eigenvalue weighted by molar-refractivity contribution is 0.584. The van der Waals surface area contributed by atoms with E-state index in [0.717, 1.165) is 54.7 Å². The molecule has 0 aliphatic heterocycles. The number of hydrogen-bond donors (Lipinski definition) is 2. The van der Waals surface area contributed by atoms with Crippen LogP contribution in [-0.4, -0.2) is 22.6 Å². The molecule has 21 heavy (non-hydrogen) atoms. The van der Waals surface area contributed by atoms with Crippen LogP contribution in [0.4, 0.5) is 11.6 Å². The quantitative estimate of drug-likeness (QED) is 0.717. The molecule has 1 fully saturated rings. The van der Waals surface area contributed by atoms with E-state index in [2.05, 4.69) is 43.3 Å². The Bertz CT molecular complexity index is 454. The molecule has 4 heteroatoms. The summed E-state index contributed by atoms with van der Waals surface area (Å²) in [4.78, 5) is 9.35. The predicted octanol–water partition coefficient (Wildman–Crippen LogP) is 4.16. The van der Waals surface area contributed by atoms with Crippen LogP contribution in [0, 0.1) is 12.8 Å². The molecule has 1 atom stereocenters. The van der Waals surface area contributed by atoms with Crippen LogP contribution in [0.2, 0.25) is 0 Å². The highest BCUT2D eigenvalue weighted by atomic mass is 15.1. The minimum Gasteiger partial charge on any atom is -0.370 e. The van der Waals surface area contributed by atoms with Gasteiger partial charge in [0.15, 0.2) is 0 Å². The van der Waals surface area contributed by atoms with Gasteiger partial charge in [-0.3, -0.25) is 0 Å². The molecule has 0 radical (unpaired) electrons. The summed E-state index contributed by atoms with van der Waals surface area (Å²) in [6, 6.07) is 0.537. The largest absolute Gasteiger partial charge is 0.370 e. The van der Waals surface area contributed by atoms with Gasteiger partial charge >= 0.3 is 0 Å². The van der Waals surface area contributed by atoms with Crippen molar-refractivity contribution in [2.45, 2.75) is 72.3 Å². The van der Waals surface area contributed by atoms with Gasteiger partial charge in [-0.2, -0.15) is 0 Å². The lowest BCUT2D eigenvalue weighted by atomic mass is 10.1. The third-order valence-electron chi connectivity index (χ3n) is 4.20. The molecular formula is C17H30N4. The number of aryl methyl sites for hydroxylation is 1. The van der Waals surface area contributed by atoms with E-state index in [1.807, 2.05) is 0 Å². The van der Waals surface area contributed by atoms with Gasteiger partial charge in [-0.05, 0) is 32.1 Å². The molecule has 0 amide bonds. The van der Waals surface area contributed by atoms with E-state index in [-0.39, 0.29) is 0 Å². The van der Waals surface area contributed by atoms with E-state index in [9.17, 15) is 0 Å². The molecule has 1 saturated carbocycles. The van der Waals surface area contributed by atoms with E-state index in [1.165, 1.54) is 19.3 Å². The minimum atomic E-state index is 0.537. The Balaban J connectivity index is 2.14. The number of rotatable bonds is 9. The highest BCUT2D eigenvalue weighted by Crippen LogP contribution is 2.35. The van der Waals surface area contributed by atoms with E-state index < -0.39 is 0 Å². The summed E-state index contributed by atoms with van der Waals surface area (Å²) in [5, 5.41) is 7.10. The molecule has 1 heterocycles. The number of aromatic nitrogens is 2. The molecule has 2 N–H and O–H groups in total. The zero-order valence-electron chi connectivity index (χ0n) is 14.0. The summed E-state index contributed by atoms with van der Waals surface area (Å²) < 4.78 is 0. The van der Waals surface area contributed by atoms with Crippen LogP contribution >= 0.6 is 0 Å². The molecule has 1 unspecified atom stereocenters. The second kappa shape index (κ2) is 7.62. The molecule has 118 valence electrons. The molecule has 1 aliphatic rings. The summed E-state index contributed by atoms with van der Waals surface area (Å²) >= 11 is 0. The molecule has 0 spiro atoms. The average Bonchev–Trinajstić information content (AvgIpc) is 3.31. The number of anilines is 2. The maximum atomic E-state index is 4.71. The Morgan fingerprint density at radius 1 is 1.14 bits per heavy atom.